The van der Waals surface area contributed by atoms with E-state index >= 15 is 0 Å². The highest BCUT2D eigenvalue weighted by Crippen LogP contribution is 2.25. The van der Waals surface area contributed by atoms with E-state index < -0.39 is 0 Å². The zero-order valence-corrected chi connectivity index (χ0v) is 14.0. The van der Waals surface area contributed by atoms with Gasteiger partial charge in [-0.1, -0.05) is 24.3 Å². The number of benzene rings is 1. The number of nitrogens with one attached hydrogen (secondary N) is 1. The Morgan fingerprint density at radius 1 is 1.25 bits per heavy atom. The highest BCUT2D eigenvalue weighted by atomic mass is 16.5. The third-order valence-corrected chi connectivity index (χ3v) is 4.27. The number of aromatic nitrogens is 1. The Morgan fingerprint density at radius 2 is 2.08 bits per heavy atom. The lowest BCUT2D eigenvalue weighted by Gasteiger charge is -2.30. The average Bonchev–Trinajstić information content (AvgIpc) is 2.64. The van der Waals surface area contributed by atoms with Crippen molar-refractivity contribution < 1.29 is 9.53 Å². The van der Waals surface area contributed by atoms with Gasteiger partial charge in [0.05, 0.1) is 5.56 Å². The van der Waals surface area contributed by atoms with Gasteiger partial charge in [0, 0.05) is 39.5 Å². The first kappa shape index (κ1) is 16.5. The number of carbonyl (C=O) groups is 1. The van der Waals surface area contributed by atoms with Gasteiger partial charge in [-0.15, -0.1) is 0 Å². The summed E-state index contributed by atoms with van der Waals surface area (Å²) in [6.45, 7) is 2.90. The van der Waals surface area contributed by atoms with Crippen LogP contribution in [0.1, 0.15) is 27.9 Å². The van der Waals surface area contributed by atoms with Crippen molar-refractivity contribution in [2.45, 2.75) is 19.4 Å². The van der Waals surface area contributed by atoms with Gasteiger partial charge in [-0.3, -0.25) is 4.79 Å². The number of nitrogens with zero attached hydrogens (tertiary/aromatic N) is 2. The number of anilines is 1. The van der Waals surface area contributed by atoms with Crippen LogP contribution in [0, 0.1) is 0 Å². The van der Waals surface area contributed by atoms with Gasteiger partial charge < -0.3 is 15.0 Å². The van der Waals surface area contributed by atoms with Gasteiger partial charge in [-0.2, -0.15) is 0 Å². The largest absolute Gasteiger partial charge is 0.385 e. The first-order chi connectivity index (χ1) is 11.8. The predicted molar refractivity (Wildman–Crippen MR) is 94.3 cm³/mol. The Kier molecular flexibility index (Phi) is 5.43. The molecule has 0 fully saturated rings. The average molecular weight is 325 g/mol. The highest BCUT2D eigenvalue weighted by Gasteiger charge is 2.21. The second kappa shape index (κ2) is 7.93. The quantitative estimate of drug-likeness (QED) is 0.829. The molecule has 1 N–H and O–H groups in total. The van der Waals surface area contributed by atoms with E-state index in [1.54, 1.807) is 13.3 Å². The summed E-state index contributed by atoms with van der Waals surface area (Å²) < 4.78 is 5.01. The predicted octanol–water partition coefficient (Wildman–Crippen LogP) is 2.41. The van der Waals surface area contributed by atoms with Gasteiger partial charge in [-0.25, -0.2) is 4.98 Å². The molecule has 24 heavy (non-hydrogen) atoms. The second-order valence-electron chi connectivity index (χ2n) is 5.92. The number of carbonyl (C=O) groups excluding carboxylic acids is 1. The van der Waals surface area contributed by atoms with Crippen molar-refractivity contribution in [3.63, 3.8) is 0 Å². The number of hydrogen-bond donors (Lipinski definition) is 1. The van der Waals surface area contributed by atoms with E-state index in [9.17, 15) is 4.79 Å². The van der Waals surface area contributed by atoms with E-state index in [2.05, 4.69) is 39.5 Å². The molecule has 0 saturated carbocycles. The van der Waals surface area contributed by atoms with Gasteiger partial charge in [0.1, 0.15) is 5.82 Å². The number of hydrogen-bond acceptors (Lipinski definition) is 4. The molecule has 0 unspecified atom stereocenters. The van der Waals surface area contributed by atoms with Crippen molar-refractivity contribution in [3.05, 3.63) is 59.3 Å². The minimum atomic E-state index is -0.0759. The standard InChI is InChI=1S/C19H23N3O2/c1-24-13-5-11-21-19(23)17-8-4-10-20-18(17)22-12-9-15-6-2-3-7-16(15)14-22/h2-4,6-8,10H,5,9,11-14H2,1H3,(H,21,23). The third kappa shape index (κ3) is 3.74. The molecule has 1 aliphatic heterocycles. The molecule has 0 atom stereocenters. The van der Waals surface area contributed by atoms with Crippen molar-refractivity contribution in [1.82, 2.24) is 10.3 Å². The minimum Gasteiger partial charge on any atom is -0.385 e. The van der Waals surface area contributed by atoms with Gasteiger partial charge in [0.2, 0.25) is 0 Å². The molecular formula is C19H23N3O2. The number of amides is 1. The Morgan fingerprint density at radius 3 is 2.92 bits per heavy atom. The lowest BCUT2D eigenvalue weighted by molar-refractivity contribution is 0.0948. The summed E-state index contributed by atoms with van der Waals surface area (Å²) in [4.78, 5) is 19.2. The summed E-state index contributed by atoms with van der Waals surface area (Å²) in [7, 11) is 1.66. The van der Waals surface area contributed by atoms with Crippen LogP contribution in [0.2, 0.25) is 0 Å². The topological polar surface area (TPSA) is 54.5 Å². The van der Waals surface area contributed by atoms with Crippen LogP contribution in [0.5, 0.6) is 0 Å². The molecule has 5 heteroatoms. The fourth-order valence-electron chi connectivity index (χ4n) is 3.02. The zero-order valence-electron chi connectivity index (χ0n) is 14.0. The summed E-state index contributed by atoms with van der Waals surface area (Å²) in [5.74, 6) is 0.685. The van der Waals surface area contributed by atoms with Crippen molar-refractivity contribution in [2.24, 2.45) is 0 Å². The van der Waals surface area contributed by atoms with Crippen LogP contribution in [-0.4, -0.2) is 37.7 Å². The van der Waals surface area contributed by atoms with Crippen LogP contribution in [0.3, 0.4) is 0 Å². The summed E-state index contributed by atoms with van der Waals surface area (Å²) >= 11 is 0. The number of rotatable bonds is 6. The molecule has 2 aromatic rings. The van der Waals surface area contributed by atoms with Crippen LogP contribution < -0.4 is 10.2 Å². The van der Waals surface area contributed by atoms with E-state index in [0.717, 1.165) is 31.7 Å². The number of fused-ring (bicyclic) bond motifs is 1. The molecule has 0 saturated heterocycles. The Bertz CT molecular complexity index is 703. The summed E-state index contributed by atoms with van der Waals surface area (Å²) in [5, 5.41) is 2.95. The molecule has 3 rings (SSSR count). The highest BCUT2D eigenvalue weighted by molar-refractivity contribution is 5.98. The molecule has 0 bridgehead atoms. The molecular weight excluding hydrogens is 302 g/mol. The maximum atomic E-state index is 12.5. The van der Waals surface area contributed by atoms with Gasteiger partial charge in [0.25, 0.3) is 5.91 Å². The third-order valence-electron chi connectivity index (χ3n) is 4.27. The Balaban J connectivity index is 1.74. The smallest absolute Gasteiger partial charge is 0.255 e. The van der Waals surface area contributed by atoms with E-state index in [1.165, 1.54) is 11.1 Å². The SMILES string of the molecule is COCCCNC(=O)c1cccnc1N1CCc2ccccc2C1. The molecule has 1 aromatic heterocycles. The fourth-order valence-corrected chi connectivity index (χ4v) is 3.02. The van der Waals surface area contributed by atoms with E-state index in [1.807, 2.05) is 12.1 Å². The van der Waals surface area contributed by atoms with Crippen molar-refractivity contribution in [2.75, 3.05) is 31.7 Å². The van der Waals surface area contributed by atoms with Crippen LogP contribution in [0.25, 0.3) is 0 Å². The zero-order chi connectivity index (χ0) is 16.8. The van der Waals surface area contributed by atoms with Crippen LogP contribution in [-0.2, 0) is 17.7 Å². The fraction of sp³-hybridized carbons (Fsp3) is 0.368. The lowest BCUT2D eigenvalue weighted by atomic mass is 9.99. The molecule has 1 aromatic carbocycles. The minimum absolute atomic E-state index is 0.0759. The first-order valence-electron chi connectivity index (χ1n) is 8.33. The van der Waals surface area contributed by atoms with Crippen molar-refractivity contribution >= 4 is 11.7 Å². The second-order valence-corrected chi connectivity index (χ2v) is 5.92. The molecule has 0 radical (unpaired) electrons. The van der Waals surface area contributed by atoms with Crippen LogP contribution in [0.15, 0.2) is 42.6 Å². The Labute approximate surface area is 142 Å². The molecule has 126 valence electrons. The monoisotopic (exact) mass is 325 g/mol. The number of pyridine rings is 1. The summed E-state index contributed by atoms with van der Waals surface area (Å²) in [6, 6.07) is 12.1. The molecule has 0 spiro atoms. The van der Waals surface area contributed by atoms with E-state index in [4.69, 9.17) is 4.74 Å². The van der Waals surface area contributed by atoms with Crippen LogP contribution >= 0.6 is 0 Å². The molecule has 2 heterocycles. The normalized spacial score (nSPS) is 13.5. The van der Waals surface area contributed by atoms with Crippen LogP contribution in [0.4, 0.5) is 5.82 Å². The van der Waals surface area contributed by atoms with Gasteiger partial charge in [0.15, 0.2) is 0 Å². The van der Waals surface area contributed by atoms with Crippen molar-refractivity contribution in [1.29, 1.82) is 0 Å². The Hall–Kier alpha value is -2.40. The maximum Gasteiger partial charge on any atom is 0.255 e. The maximum absolute atomic E-state index is 12.5. The van der Waals surface area contributed by atoms with Gasteiger partial charge in [-0.05, 0) is 36.1 Å². The first-order valence-corrected chi connectivity index (χ1v) is 8.33. The van der Waals surface area contributed by atoms with E-state index in [0.29, 0.717) is 18.7 Å². The molecule has 1 amide bonds. The molecule has 1 aliphatic rings. The van der Waals surface area contributed by atoms with Gasteiger partial charge >= 0.3 is 0 Å². The lowest BCUT2D eigenvalue weighted by Crippen LogP contribution is -2.34. The summed E-state index contributed by atoms with van der Waals surface area (Å²) in [6.07, 6.45) is 3.52. The summed E-state index contributed by atoms with van der Waals surface area (Å²) in [5.41, 5.74) is 3.32. The number of ether oxygens (including phenoxy) is 1. The number of methoxy groups -OCH3 is 1. The molecule has 5 nitrogen and oxygen atoms in total. The van der Waals surface area contributed by atoms with E-state index in [-0.39, 0.29) is 5.91 Å². The molecule has 0 aliphatic carbocycles. The van der Waals surface area contributed by atoms with Crippen molar-refractivity contribution in [3.8, 4) is 0 Å².